The smallest absolute Gasteiger partial charge is 1.00 e. The number of nitriles is 1. The molecule has 2 heterocycles. The summed E-state index contributed by atoms with van der Waals surface area (Å²) in [4.78, 5) is 29.1. The third kappa shape index (κ3) is 28.7. The molecule has 0 bridgehead atoms. The van der Waals surface area contributed by atoms with Crippen LogP contribution < -0.4 is 39.6 Å². The number of methoxy groups -OCH3 is 1. The van der Waals surface area contributed by atoms with Gasteiger partial charge in [-0.25, -0.2) is 34.5 Å². The van der Waals surface area contributed by atoms with Gasteiger partial charge in [-0.05, 0) is 63.4 Å². The average Bonchev–Trinajstić information content (AvgIpc) is 3.96. The summed E-state index contributed by atoms with van der Waals surface area (Å²) in [7, 11) is -1.14. The number of nitrogens with one attached hydrogen (secondary N) is 1. The number of nitrogens with zero attached hydrogens (tertiary/aromatic N) is 8. The van der Waals surface area contributed by atoms with Crippen LogP contribution in [0.1, 0.15) is 104 Å². The molecule has 0 spiro atoms. The van der Waals surface area contributed by atoms with E-state index in [1.807, 2.05) is 62.1 Å². The zero-order valence-corrected chi connectivity index (χ0v) is 39.9. The second kappa shape index (κ2) is 32.1. The summed E-state index contributed by atoms with van der Waals surface area (Å²) in [5, 5.41) is 32.1. The number of carbonyl (C=O) groups is 1. The van der Waals surface area contributed by atoms with Gasteiger partial charge in [-0.3, -0.25) is 13.7 Å². The summed E-state index contributed by atoms with van der Waals surface area (Å²) < 4.78 is 37.5. The minimum Gasteiger partial charge on any atom is -1.00 e. The van der Waals surface area contributed by atoms with Gasteiger partial charge in [-0.15, -0.1) is 0 Å². The van der Waals surface area contributed by atoms with Crippen LogP contribution in [0.3, 0.4) is 0 Å². The van der Waals surface area contributed by atoms with E-state index in [1.165, 1.54) is 33.8 Å². The number of hydrogen-bond donors (Lipinski definition) is 3. The number of aliphatic hydroxyl groups is 2. The van der Waals surface area contributed by atoms with Crippen molar-refractivity contribution >= 4 is 36.1 Å². The second-order valence-corrected chi connectivity index (χ2v) is 16.9. The molecular weight excluding hydrogens is 836 g/mol. The van der Waals surface area contributed by atoms with Crippen molar-refractivity contribution in [2.24, 2.45) is 5.41 Å². The van der Waals surface area contributed by atoms with E-state index < -0.39 is 38.1 Å². The van der Waals surface area contributed by atoms with Gasteiger partial charge in [0, 0.05) is 75.0 Å². The molecule has 3 aromatic rings. The molecule has 345 valence electrons. The van der Waals surface area contributed by atoms with Gasteiger partial charge in [0.25, 0.3) is 15.7 Å². The monoisotopic (exact) mass is 907 g/mol. The Hall–Kier alpha value is -4.57. The summed E-state index contributed by atoms with van der Waals surface area (Å²) >= 11 is 0. The maximum atomic E-state index is 10.6. The van der Waals surface area contributed by atoms with Gasteiger partial charge in [0.15, 0.2) is 0 Å². The van der Waals surface area contributed by atoms with Crippen LogP contribution in [0.25, 0.3) is 25.8 Å². The molecule has 0 aliphatic heterocycles. The molecule has 3 radical (unpaired) electrons. The molecule has 0 atom stereocenters. The van der Waals surface area contributed by atoms with Crippen molar-refractivity contribution in [3.8, 4) is 23.1 Å². The average molecular weight is 907 g/mol. The first-order chi connectivity index (χ1) is 26.9. The number of anilines is 2. The number of rotatable bonds is 12. The Kier molecular flexibility index (Phi) is 35.8. The summed E-state index contributed by atoms with van der Waals surface area (Å²) in [6, 6.07) is 10.5. The molecular formula is C43H70BN9NaO8S. The topological polar surface area (TPSA) is 212 Å². The van der Waals surface area contributed by atoms with Crippen molar-refractivity contribution in [2.75, 3.05) is 45.6 Å². The van der Waals surface area contributed by atoms with Gasteiger partial charge in [0.2, 0.25) is 11.5 Å². The summed E-state index contributed by atoms with van der Waals surface area (Å²) in [5.74, 6) is 0.782. The molecule has 1 saturated carbocycles. The normalized spacial score (nSPS) is 11.2. The Morgan fingerprint density at radius 1 is 0.968 bits per heavy atom. The summed E-state index contributed by atoms with van der Waals surface area (Å²) in [6.45, 7) is 35.3. The molecule has 0 amide bonds. The molecule has 20 heteroatoms. The number of carbonyl (C=O) groups excluding carboxylic acids is 1. The molecule has 1 aromatic carbocycles. The standard InChI is InChI=1S/C22H24N6O.C6H11NO3S.C6H9NO2.C5H9NO.CH4O.3CH4.B.Na.H/c1-15-10-24-21(26-17-11-25-28(12-17)18-6-7-18)27-20(15)16-4-8-19(9-5-16)29-14-22(2,3)13-23;1-6(2,7-3)5-10-11(4,8)9;1-6(2,7-3)5(8)9-4;1-5(2,4-7)6-3;1-2;;;;;;/h4-5,8-12,18H,6-7,14H2,1-3H3,(H,24,26,27);5H2,1-2,4H3;1-2,4H3;7H,4H2,1-2H3;2H,1H3;3*1H4;;;/q;;;;;;;;;+1;-1. The number of hydrogen-bond acceptors (Lipinski definition) is 13. The van der Waals surface area contributed by atoms with Crippen LogP contribution in [-0.4, -0.2) is 110 Å². The minimum absolute atomic E-state index is 0. The van der Waals surface area contributed by atoms with E-state index in [1.54, 1.807) is 33.9 Å². The Bertz CT molecular complexity index is 2060. The first-order valence-electron chi connectivity index (χ1n) is 17.8. The molecule has 17 nitrogen and oxygen atoms in total. The third-order valence-corrected chi connectivity index (χ3v) is 7.91. The Labute approximate surface area is 403 Å². The first-order valence-corrected chi connectivity index (χ1v) is 19.6. The summed E-state index contributed by atoms with van der Waals surface area (Å²) in [6.07, 6.45) is 8.97. The fourth-order valence-corrected chi connectivity index (χ4v) is 3.99. The fourth-order valence-electron chi connectivity index (χ4n) is 3.48. The predicted octanol–water partition coefficient (Wildman–Crippen LogP) is 5.10. The summed E-state index contributed by atoms with van der Waals surface area (Å²) in [5.41, 5.74) is 0.849. The molecule has 0 saturated heterocycles. The van der Waals surface area contributed by atoms with Crippen LogP contribution in [0.15, 0.2) is 42.9 Å². The molecule has 2 aromatic heterocycles. The Morgan fingerprint density at radius 3 is 1.87 bits per heavy atom. The van der Waals surface area contributed by atoms with E-state index >= 15 is 0 Å². The van der Waals surface area contributed by atoms with Gasteiger partial charge >= 0.3 is 41.1 Å². The first kappa shape index (κ1) is 70.1. The Morgan fingerprint density at radius 2 is 1.49 bits per heavy atom. The maximum Gasteiger partial charge on any atom is 1.00 e. The van der Waals surface area contributed by atoms with Gasteiger partial charge in [0.1, 0.15) is 25.6 Å². The molecule has 63 heavy (non-hydrogen) atoms. The van der Waals surface area contributed by atoms with Gasteiger partial charge in [-0.2, -0.15) is 18.8 Å². The van der Waals surface area contributed by atoms with Crippen LogP contribution in [0.2, 0.25) is 0 Å². The van der Waals surface area contributed by atoms with Crippen molar-refractivity contribution in [1.82, 2.24) is 19.7 Å². The fraction of sp³-hybridized carbons (Fsp3) is 0.581. The molecule has 1 fully saturated rings. The van der Waals surface area contributed by atoms with Gasteiger partial charge < -0.3 is 36.1 Å². The second-order valence-electron chi connectivity index (χ2n) is 15.2. The van der Waals surface area contributed by atoms with Crippen molar-refractivity contribution < 1.29 is 68.1 Å². The molecule has 1 aliphatic rings. The third-order valence-electron chi connectivity index (χ3n) is 7.36. The number of aliphatic hydroxyl groups excluding tert-OH is 2. The van der Waals surface area contributed by atoms with Gasteiger partial charge in [-0.1, -0.05) is 22.3 Å². The zero-order chi connectivity index (χ0) is 45.0. The molecule has 3 N–H and O–H groups in total. The van der Waals surface area contributed by atoms with E-state index in [9.17, 15) is 13.2 Å². The number of ether oxygens (including phenoxy) is 2. The number of benzene rings is 1. The largest absolute Gasteiger partial charge is 1.00 e. The van der Waals surface area contributed by atoms with E-state index in [2.05, 4.69) is 44.9 Å². The van der Waals surface area contributed by atoms with E-state index in [-0.39, 0.29) is 74.9 Å². The van der Waals surface area contributed by atoms with Crippen molar-refractivity contribution in [2.45, 2.75) is 120 Å². The number of aromatic nitrogens is 4. The van der Waals surface area contributed by atoms with Crippen LogP contribution in [0, 0.1) is 43.4 Å². The van der Waals surface area contributed by atoms with Gasteiger partial charge in [0.05, 0.1) is 48.5 Å². The maximum absolute atomic E-state index is 10.6. The van der Waals surface area contributed by atoms with Crippen LogP contribution in [-0.2, 0) is 23.8 Å². The molecule has 4 rings (SSSR count). The zero-order valence-electron chi connectivity index (χ0n) is 38.1. The SMILES string of the molecule is C.C.C.CO.Cc1cnc(Nc2cnn(C3CC3)c2)nc1-c1ccc(OCC(C)(C)C#N)cc1.[B].[C-]#[N+]C(C)(C)C(=O)OC.[C-]#[N+]C(C)(C)CO.[C-]#[N+]C(C)(C)COS(C)(=O)=O.[H-].[Na+]. The van der Waals surface area contributed by atoms with Crippen molar-refractivity contribution in [1.29, 1.82) is 5.26 Å². The van der Waals surface area contributed by atoms with Crippen LogP contribution >= 0.6 is 0 Å². The minimum atomic E-state index is -3.41. The van der Waals surface area contributed by atoms with Crippen LogP contribution in [0.4, 0.5) is 11.6 Å². The Balaban J connectivity index is -0.000000156. The quantitative estimate of drug-likeness (QED) is 0.0936. The van der Waals surface area contributed by atoms with Crippen molar-refractivity contribution in [3.63, 3.8) is 0 Å². The van der Waals surface area contributed by atoms with Crippen molar-refractivity contribution in [3.05, 3.63) is 82.7 Å². The molecule has 0 unspecified atom stereocenters. The number of aryl methyl sites for hydroxylation is 1. The van der Waals surface area contributed by atoms with E-state index in [0.29, 0.717) is 18.6 Å². The van der Waals surface area contributed by atoms with E-state index in [4.69, 9.17) is 44.9 Å². The van der Waals surface area contributed by atoms with E-state index in [0.717, 1.165) is 41.6 Å². The number of esters is 1. The predicted molar refractivity (Wildman–Crippen MR) is 248 cm³/mol. The van der Waals surface area contributed by atoms with Crippen LogP contribution in [0.5, 0.6) is 5.75 Å². The molecule has 1 aliphatic carbocycles.